The molecule has 0 radical (unpaired) electrons. The van der Waals surface area contributed by atoms with Crippen LogP contribution in [0.15, 0.2) is 23.1 Å². The van der Waals surface area contributed by atoms with Gasteiger partial charge in [0.05, 0.1) is 11.4 Å². The number of carbonyl (C=O) groups is 2. The van der Waals surface area contributed by atoms with E-state index < -0.39 is 0 Å². The van der Waals surface area contributed by atoms with Crippen molar-refractivity contribution in [2.75, 3.05) is 35.2 Å². The molecule has 0 aromatic heterocycles. The fourth-order valence-corrected chi connectivity index (χ4v) is 4.45. The van der Waals surface area contributed by atoms with Crippen LogP contribution in [0.3, 0.4) is 0 Å². The molecule has 0 bridgehead atoms. The lowest BCUT2D eigenvalue weighted by Gasteiger charge is -2.37. The van der Waals surface area contributed by atoms with E-state index in [1.54, 1.807) is 0 Å². The molecular formula is C15H19N3O2S2. The number of hydrogen-bond acceptors (Lipinski definition) is 4. The van der Waals surface area contributed by atoms with Crippen LogP contribution in [0.2, 0.25) is 0 Å². The molecule has 2 aliphatic rings. The SMILES string of the molecule is CC1(C)CN(C(=O)Nc2ccc3c(c2)NC(=O)CS3)CCS1. The van der Waals surface area contributed by atoms with Gasteiger partial charge in [0, 0.05) is 34.2 Å². The maximum Gasteiger partial charge on any atom is 0.321 e. The minimum absolute atomic E-state index is 0.00391. The molecule has 1 fully saturated rings. The highest BCUT2D eigenvalue weighted by Crippen LogP contribution is 2.34. The first-order valence-electron chi connectivity index (χ1n) is 7.20. The van der Waals surface area contributed by atoms with Crippen molar-refractivity contribution in [2.24, 2.45) is 0 Å². The maximum absolute atomic E-state index is 12.4. The van der Waals surface area contributed by atoms with Crippen LogP contribution < -0.4 is 10.6 Å². The Hall–Kier alpha value is -1.34. The fourth-order valence-electron chi connectivity index (χ4n) is 2.55. The topological polar surface area (TPSA) is 61.4 Å². The molecule has 5 nitrogen and oxygen atoms in total. The van der Waals surface area contributed by atoms with Crippen molar-refractivity contribution in [3.8, 4) is 0 Å². The van der Waals surface area contributed by atoms with Crippen molar-refractivity contribution >= 4 is 46.8 Å². The summed E-state index contributed by atoms with van der Waals surface area (Å²) < 4.78 is 0.0933. The van der Waals surface area contributed by atoms with E-state index >= 15 is 0 Å². The molecular weight excluding hydrogens is 318 g/mol. The number of nitrogens with zero attached hydrogens (tertiary/aromatic N) is 1. The Kier molecular flexibility index (Phi) is 4.27. The summed E-state index contributed by atoms with van der Waals surface area (Å²) in [7, 11) is 0. The number of amides is 3. The normalized spacial score (nSPS) is 20.1. The molecule has 7 heteroatoms. The van der Waals surface area contributed by atoms with Crippen LogP contribution in [0.5, 0.6) is 0 Å². The first kappa shape index (κ1) is 15.6. The van der Waals surface area contributed by atoms with Gasteiger partial charge in [-0.1, -0.05) is 0 Å². The second kappa shape index (κ2) is 6.04. The van der Waals surface area contributed by atoms with Crippen LogP contribution in [0.25, 0.3) is 0 Å². The van der Waals surface area contributed by atoms with Crippen LogP contribution in [-0.4, -0.2) is 46.2 Å². The smallest absolute Gasteiger partial charge is 0.321 e. The highest BCUT2D eigenvalue weighted by Gasteiger charge is 2.29. The zero-order valence-corrected chi connectivity index (χ0v) is 14.3. The van der Waals surface area contributed by atoms with Crippen molar-refractivity contribution < 1.29 is 9.59 Å². The van der Waals surface area contributed by atoms with Crippen LogP contribution in [0.1, 0.15) is 13.8 Å². The number of benzene rings is 1. The summed E-state index contributed by atoms with van der Waals surface area (Å²) in [6, 6.07) is 5.56. The monoisotopic (exact) mass is 337 g/mol. The molecule has 22 heavy (non-hydrogen) atoms. The number of nitrogens with one attached hydrogen (secondary N) is 2. The Labute approximate surface area is 138 Å². The lowest BCUT2D eigenvalue weighted by Crippen LogP contribution is -2.47. The molecule has 1 aromatic rings. The molecule has 0 atom stereocenters. The number of carbonyl (C=O) groups excluding carboxylic acids is 2. The van der Waals surface area contributed by atoms with E-state index in [1.165, 1.54) is 11.8 Å². The Balaban J connectivity index is 1.69. The van der Waals surface area contributed by atoms with Gasteiger partial charge in [-0.15, -0.1) is 11.8 Å². The number of fused-ring (bicyclic) bond motifs is 1. The van der Waals surface area contributed by atoms with Gasteiger partial charge in [0.15, 0.2) is 0 Å². The highest BCUT2D eigenvalue weighted by atomic mass is 32.2. The van der Waals surface area contributed by atoms with Gasteiger partial charge in [0.2, 0.25) is 5.91 Å². The molecule has 2 aliphatic heterocycles. The standard InChI is InChI=1S/C15H19N3O2S2/c1-15(2)9-18(5-6-22-15)14(20)16-10-3-4-12-11(7-10)17-13(19)8-21-12/h3-4,7H,5-6,8-9H2,1-2H3,(H,16,20)(H,17,19). The first-order chi connectivity index (χ1) is 10.4. The van der Waals surface area contributed by atoms with E-state index in [-0.39, 0.29) is 16.7 Å². The van der Waals surface area contributed by atoms with Crippen LogP contribution in [0, 0.1) is 0 Å². The number of rotatable bonds is 1. The average molecular weight is 337 g/mol. The zero-order chi connectivity index (χ0) is 15.7. The number of anilines is 2. The van der Waals surface area contributed by atoms with Crippen LogP contribution >= 0.6 is 23.5 Å². The molecule has 3 rings (SSSR count). The van der Waals surface area contributed by atoms with Crippen molar-refractivity contribution in [2.45, 2.75) is 23.5 Å². The van der Waals surface area contributed by atoms with E-state index in [9.17, 15) is 9.59 Å². The summed E-state index contributed by atoms with van der Waals surface area (Å²) >= 11 is 3.41. The van der Waals surface area contributed by atoms with Crippen LogP contribution in [-0.2, 0) is 4.79 Å². The highest BCUT2D eigenvalue weighted by molar-refractivity contribution is 8.00. The lowest BCUT2D eigenvalue weighted by atomic mass is 10.2. The zero-order valence-electron chi connectivity index (χ0n) is 12.6. The lowest BCUT2D eigenvalue weighted by molar-refractivity contribution is -0.113. The van der Waals surface area contributed by atoms with E-state index in [1.807, 2.05) is 34.9 Å². The van der Waals surface area contributed by atoms with Crippen molar-refractivity contribution in [3.63, 3.8) is 0 Å². The maximum atomic E-state index is 12.4. The molecule has 1 saturated heterocycles. The van der Waals surface area contributed by atoms with Gasteiger partial charge in [0.25, 0.3) is 0 Å². The van der Waals surface area contributed by atoms with E-state index in [2.05, 4.69) is 24.5 Å². The van der Waals surface area contributed by atoms with Crippen molar-refractivity contribution in [1.29, 1.82) is 0 Å². The van der Waals surface area contributed by atoms with E-state index in [4.69, 9.17) is 0 Å². The number of hydrogen-bond donors (Lipinski definition) is 2. The van der Waals surface area contributed by atoms with Gasteiger partial charge >= 0.3 is 6.03 Å². The molecule has 1 aromatic carbocycles. The van der Waals surface area contributed by atoms with Gasteiger partial charge in [-0.05, 0) is 32.0 Å². The van der Waals surface area contributed by atoms with Crippen molar-refractivity contribution in [1.82, 2.24) is 4.90 Å². The number of thioether (sulfide) groups is 2. The Morgan fingerprint density at radius 1 is 1.41 bits per heavy atom. The molecule has 0 aliphatic carbocycles. The van der Waals surface area contributed by atoms with Gasteiger partial charge in [-0.3, -0.25) is 4.79 Å². The minimum atomic E-state index is -0.0804. The van der Waals surface area contributed by atoms with Crippen molar-refractivity contribution in [3.05, 3.63) is 18.2 Å². The number of urea groups is 1. The summed E-state index contributed by atoms with van der Waals surface area (Å²) in [5.41, 5.74) is 1.48. The fraction of sp³-hybridized carbons (Fsp3) is 0.467. The third-order valence-electron chi connectivity index (χ3n) is 3.58. The third kappa shape index (κ3) is 3.52. The minimum Gasteiger partial charge on any atom is -0.324 e. The van der Waals surface area contributed by atoms with Crippen LogP contribution in [0.4, 0.5) is 16.2 Å². The molecule has 2 heterocycles. The Morgan fingerprint density at radius 2 is 2.23 bits per heavy atom. The second-order valence-corrected chi connectivity index (χ2v) is 8.83. The average Bonchev–Trinajstić information content (AvgIpc) is 2.45. The quantitative estimate of drug-likeness (QED) is 0.827. The summed E-state index contributed by atoms with van der Waals surface area (Å²) in [4.78, 5) is 26.7. The largest absolute Gasteiger partial charge is 0.324 e. The predicted molar refractivity (Wildman–Crippen MR) is 92.9 cm³/mol. The van der Waals surface area contributed by atoms with Gasteiger partial charge in [-0.2, -0.15) is 11.8 Å². The molecule has 118 valence electrons. The van der Waals surface area contributed by atoms with E-state index in [0.29, 0.717) is 11.4 Å². The predicted octanol–water partition coefficient (Wildman–Crippen LogP) is 3.09. The first-order valence-corrected chi connectivity index (χ1v) is 9.17. The molecule has 0 spiro atoms. The van der Waals surface area contributed by atoms with E-state index in [0.717, 1.165) is 29.4 Å². The summed E-state index contributed by atoms with van der Waals surface area (Å²) in [6.07, 6.45) is 0. The molecule has 3 amide bonds. The van der Waals surface area contributed by atoms with Gasteiger partial charge in [0.1, 0.15) is 0 Å². The molecule has 2 N–H and O–H groups in total. The summed E-state index contributed by atoms with van der Waals surface area (Å²) in [5, 5.41) is 5.77. The summed E-state index contributed by atoms with van der Waals surface area (Å²) in [6.45, 7) is 5.81. The van der Waals surface area contributed by atoms with Gasteiger partial charge in [-0.25, -0.2) is 4.79 Å². The molecule has 0 saturated carbocycles. The Morgan fingerprint density at radius 3 is 3.00 bits per heavy atom. The second-order valence-electron chi connectivity index (χ2n) is 6.01. The third-order valence-corrected chi connectivity index (χ3v) is 5.95. The van der Waals surface area contributed by atoms with Gasteiger partial charge < -0.3 is 15.5 Å². The summed E-state index contributed by atoms with van der Waals surface area (Å²) in [5.74, 6) is 1.40. The Bertz CT molecular complexity index is 619. The molecule has 0 unspecified atom stereocenters.